The fourth-order valence-electron chi connectivity index (χ4n) is 2.93. The first-order valence-electron chi connectivity index (χ1n) is 8.81. The average molecular weight is 389 g/mol. The fraction of sp³-hybridized carbons (Fsp3) is 0.316. The summed E-state index contributed by atoms with van der Waals surface area (Å²) in [4.78, 5) is 13.9. The lowest BCUT2D eigenvalue weighted by Crippen LogP contribution is -2.28. The molecule has 3 aromatic rings. The number of hydrogen-bond donors (Lipinski definition) is 1. The van der Waals surface area contributed by atoms with Crippen LogP contribution in [0, 0.1) is 0 Å². The van der Waals surface area contributed by atoms with Gasteiger partial charge in [-0.3, -0.25) is 4.57 Å². The SMILES string of the molecule is CCn1c(=O)oc2cc(S(=O)(=O)NCCCN(C)c3ccccc3)ccc21. The van der Waals surface area contributed by atoms with E-state index in [2.05, 4.69) is 9.62 Å². The number of nitrogens with one attached hydrogen (secondary N) is 1. The van der Waals surface area contributed by atoms with Crippen LogP contribution in [0.5, 0.6) is 0 Å². The van der Waals surface area contributed by atoms with Gasteiger partial charge in [0.05, 0.1) is 10.4 Å². The molecule has 144 valence electrons. The highest BCUT2D eigenvalue weighted by Crippen LogP contribution is 2.18. The summed E-state index contributed by atoms with van der Waals surface area (Å²) in [6, 6.07) is 14.4. The minimum Gasteiger partial charge on any atom is -0.408 e. The maximum absolute atomic E-state index is 12.5. The Morgan fingerprint density at radius 2 is 1.89 bits per heavy atom. The lowest BCUT2D eigenvalue weighted by Gasteiger charge is -2.19. The number of nitrogens with zero attached hydrogens (tertiary/aromatic N) is 2. The van der Waals surface area contributed by atoms with Crippen molar-refractivity contribution in [3.8, 4) is 0 Å². The Morgan fingerprint density at radius 1 is 1.15 bits per heavy atom. The second-order valence-electron chi connectivity index (χ2n) is 6.25. The van der Waals surface area contributed by atoms with Crippen LogP contribution in [0.2, 0.25) is 0 Å². The Hall–Kier alpha value is -2.58. The normalized spacial score (nSPS) is 11.8. The summed E-state index contributed by atoms with van der Waals surface area (Å²) in [6.45, 7) is 3.33. The summed E-state index contributed by atoms with van der Waals surface area (Å²) in [6.07, 6.45) is 0.661. The van der Waals surface area contributed by atoms with Crippen molar-refractivity contribution in [2.75, 3.05) is 25.0 Å². The lowest BCUT2D eigenvalue weighted by atomic mass is 10.3. The molecule has 8 heteroatoms. The second-order valence-corrected chi connectivity index (χ2v) is 8.02. The van der Waals surface area contributed by atoms with Crippen molar-refractivity contribution in [3.05, 3.63) is 59.1 Å². The van der Waals surface area contributed by atoms with Gasteiger partial charge in [-0.05, 0) is 37.6 Å². The number of sulfonamides is 1. The Balaban J connectivity index is 1.63. The van der Waals surface area contributed by atoms with Crippen LogP contribution in [0.25, 0.3) is 11.1 Å². The topological polar surface area (TPSA) is 84.5 Å². The minimum atomic E-state index is -3.66. The van der Waals surface area contributed by atoms with E-state index in [4.69, 9.17) is 4.42 Å². The van der Waals surface area contributed by atoms with E-state index in [1.165, 1.54) is 16.7 Å². The molecule has 1 N–H and O–H groups in total. The van der Waals surface area contributed by atoms with Gasteiger partial charge in [0.2, 0.25) is 10.0 Å². The third-order valence-corrected chi connectivity index (χ3v) is 5.88. The summed E-state index contributed by atoms with van der Waals surface area (Å²) in [5.41, 5.74) is 1.95. The van der Waals surface area contributed by atoms with Crippen molar-refractivity contribution in [1.82, 2.24) is 9.29 Å². The van der Waals surface area contributed by atoms with Gasteiger partial charge in [0.15, 0.2) is 5.58 Å². The molecule has 0 unspecified atom stereocenters. The minimum absolute atomic E-state index is 0.0865. The summed E-state index contributed by atoms with van der Waals surface area (Å²) in [5.74, 6) is -0.487. The molecule has 0 aliphatic rings. The quantitative estimate of drug-likeness (QED) is 0.598. The molecule has 27 heavy (non-hydrogen) atoms. The molecule has 0 radical (unpaired) electrons. The molecular weight excluding hydrogens is 366 g/mol. The Kier molecular flexibility index (Phi) is 5.67. The Bertz CT molecular complexity index is 1070. The molecule has 0 aliphatic heterocycles. The average Bonchev–Trinajstić information content (AvgIpc) is 2.99. The van der Waals surface area contributed by atoms with E-state index < -0.39 is 15.8 Å². The van der Waals surface area contributed by atoms with Crippen LogP contribution in [0.1, 0.15) is 13.3 Å². The number of fused-ring (bicyclic) bond motifs is 1. The van der Waals surface area contributed by atoms with Crippen LogP contribution in [0.15, 0.2) is 62.6 Å². The third-order valence-electron chi connectivity index (χ3n) is 4.43. The maximum atomic E-state index is 12.5. The van der Waals surface area contributed by atoms with Gasteiger partial charge in [0.25, 0.3) is 0 Å². The standard InChI is InChI=1S/C19H23N3O4S/c1-3-22-17-11-10-16(14-18(17)26-19(22)23)27(24,25)20-12-7-13-21(2)15-8-5-4-6-9-15/h4-6,8-11,14,20H,3,7,12-13H2,1-2H3. The molecule has 2 aromatic carbocycles. The van der Waals surface area contributed by atoms with Crippen LogP contribution >= 0.6 is 0 Å². The molecule has 0 bridgehead atoms. The molecule has 0 saturated carbocycles. The molecular formula is C19H23N3O4S. The number of aromatic nitrogens is 1. The molecule has 3 rings (SSSR count). The van der Waals surface area contributed by atoms with Crippen molar-refractivity contribution < 1.29 is 12.8 Å². The summed E-state index contributed by atoms with van der Waals surface area (Å²) in [5, 5.41) is 0. The lowest BCUT2D eigenvalue weighted by molar-refractivity contribution is 0.512. The molecule has 1 aromatic heterocycles. The predicted molar refractivity (Wildman–Crippen MR) is 106 cm³/mol. The summed E-state index contributed by atoms with van der Waals surface area (Å²) < 4.78 is 34.2. The van der Waals surface area contributed by atoms with Crippen molar-refractivity contribution in [2.45, 2.75) is 24.8 Å². The van der Waals surface area contributed by atoms with E-state index in [0.717, 1.165) is 12.2 Å². The highest BCUT2D eigenvalue weighted by atomic mass is 32.2. The molecule has 0 spiro atoms. The van der Waals surface area contributed by atoms with Crippen molar-refractivity contribution in [2.24, 2.45) is 0 Å². The summed E-state index contributed by atoms with van der Waals surface area (Å²) >= 11 is 0. The molecule has 0 fully saturated rings. The van der Waals surface area contributed by atoms with E-state index in [1.807, 2.05) is 44.3 Å². The number of aryl methyl sites for hydroxylation is 1. The van der Waals surface area contributed by atoms with Crippen LogP contribution in [-0.4, -0.2) is 33.1 Å². The summed E-state index contributed by atoms with van der Waals surface area (Å²) in [7, 11) is -1.69. The molecule has 0 atom stereocenters. The Morgan fingerprint density at radius 3 is 2.59 bits per heavy atom. The number of benzene rings is 2. The number of rotatable bonds is 8. The van der Waals surface area contributed by atoms with Crippen LogP contribution in [0.4, 0.5) is 5.69 Å². The number of anilines is 1. The van der Waals surface area contributed by atoms with Crippen LogP contribution < -0.4 is 15.4 Å². The molecule has 0 aliphatic carbocycles. The fourth-order valence-corrected chi connectivity index (χ4v) is 4.02. The van der Waals surface area contributed by atoms with Gasteiger partial charge in [0, 0.05) is 38.4 Å². The predicted octanol–water partition coefficient (Wildman–Crippen LogP) is 2.42. The molecule has 0 amide bonds. The van der Waals surface area contributed by atoms with E-state index in [0.29, 0.717) is 25.0 Å². The first-order valence-corrected chi connectivity index (χ1v) is 10.3. The van der Waals surface area contributed by atoms with Gasteiger partial charge in [0.1, 0.15) is 0 Å². The van der Waals surface area contributed by atoms with Crippen LogP contribution in [0.3, 0.4) is 0 Å². The van der Waals surface area contributed by atoms with Gasteiger partial charge >= 0.3 is 5.76 Å². The zero-order valence-electron chi connectivity index (χ0n) is 15.4. The van der Waals surface area contributed by atoms with Gasteiger partial charge in [-0.25, -0.2) is 17.9 Å². The smallest absolute Gasteiger partial charge is 0.408 e. The van der Waals surface area contributed by atoms with Crippen molar-refractivity contribution >= 4 is 26.8 Å². The highest BCUT2D eigenvalue weighted by Gasteiger charge is 2.17. The molecule has 0 saturated heterocycles. The second kappa shape index (κ2) is 7.98. The molecule has 7 nitrogen and oxygen atoms in total. The third kappa shape index (κ3) is 4.23. The van der Waals surface area contributed by atoms with E-state index >= 15 is 0 Å². The maximum Gasteiger partial charge on any atom is 0.419 e. The number of oxazole rings is 1. The highest BCUT2D eigenvalue weighted by molar-refractivity contribution is 7.89. The number of hydrogen-bond acceptors (Lipinski definition) is 5. The van der Waals surface area contributed by atoms with Crippen molar-refractivity contribution in [3.63, 3.8) is 0 Å². The van der Waals surface area contributed by atoms with E-state index in [-0.39, 0.29) is 10.5 Å². The Labute approximate surface area is 158 Å². The van der Waals surface area contributed by atoms with Gasteiger partial charge in [-0.15, -0.1) is 0 Å². The van der Waals surface area contributed by atoms with Crippen molar-refractivity contribution in [1.29, 1.82) is 0 Å². The van der Waals surface area contributed by atoms with Crippen LogP contribution in [-0.2, 0) is 16.6 Å². The molecule has 1 heterocycles. The largest absolute Gasteiger partial charge is 0.419 e. The first kappa shape index (κ1) is 19.2. The first-order chi connectivity index (χ1) is 12.9. The van der Waals surface area contributed by atoms with Gasteiger partial charge < -0.3 is 9.32 Å². The van der Waals surface area contributed by atoms with Gasteiger partial charge in [-0.1, -0.05) is 18.2 Å². The van der Waals surface area contributed by atoms with E-state index in [1.54, 1.807) is 6.07 Å². The monoisotopic (exact) mass is 389 g/mol. The zero-order valence-corrected chi connectivity index (χ0v) is 16.2. The van der Waals surface area contributed by atoms with Gasteiger partial charge in [-0.2, -0.15) is 0 Å². The zero-order chi connectivity index (χ0) is 19.4. The van der Waals surface area contributed by atoms with E-state index in [9.17, 15) is 13.2 Å². The number of para-hydroxylation sites is 1.